The van der Waals surface area contributed by atoms with Gasteiger partial charge in [0.05, 0.1) is 0 Å². The number of hydrogen-bond acceptors (Lipinski definition) is 4. The number of rotatable bonds is 2. The molecule has 0 amide bonds. The quantitative estimate of drug-likeness (QED) is 0.688. The zero-order valence-corrected chi connectivity index (χ0v) is 6.92. The fourth-order valence-electron chi connectivity index (χ4n) is 1.21. The zero-order valence-electron chi connectivity index (χ0n) is 6.92. The molecule has 0 bridgehead atoms. The van der Waals surface area contributed by atoms with Crippen LogP contribution >= 0.6 is 0 Å². The molecule has 0 unspecified atom stereocenters. The Labute approximate surface area is 74.4 Å². The van der Waals surface area contributed by atoms with Gasteiger partial charge in [-0.2, -0.15) is 4.98 Å². The van der Waals surface area contributed by atoms with Crippen molar-refractivity contribution >= 4 is 0 Å². The van der Waals surface area contributed by atoms with Crippen LogP contribution in [0, 0.1) is 0 Å². The normalized spacial score (nSPS) is 16.3. The number of hydrogen-bond donors (Lipinski definition) is 0. The summed E-state index contributed by atoms with van der Waals surface area (Å²) in [5.74, 6) is 1.35. The highest BCUT2D eigenvalue weighted by molar-refractivity contribution is 5.10. The second-order valence-corrected chi connectivity index (χ2v) is 3.18. The molecule has 5 heteroatoms. The molecule has 0 aromatic carbocycles. The molecule has 0 aliphatic heterocycles. The van der Waals surface area contributed by atoms with Gasteiger partial charge in [-0.05, 0) is 12.8 Å². The molecular formula is C8H8N4O. The molecule has 0 atom stereocenters. The number of aromatic nitrogens is 4. The van der Waals surface area contributed by atoms with Crippen molar-refractivity contribution in [3.8, 4) is 6.01 Å². The Morgan fingerprint density at radius 2 is 2.38 bits per heavy atom. The van der Waals surface area contributed by atoms with Crippen LogP contribution in [0.3, 0.4) is 0 Å². The van der Waals surface area contributed by atoms with Gasteiger partial charge < -0.3 is 4.52 Å². The van der Waals surface area contributed by atoms with Crippen LogP contribution in [-0.2, 0) is 0 Å². The average molecular weight is 176 g/mol. The van der Waals surface area contributed by atoms with E-state index in [1.54, 1.807) is 23.3 Å². The van der Waals surface area contributed by atoms with Crippen molar-refractivity contribution in [2.24, 2.45) is 0 Å². The molecule has 2 aromatic heterocycles. The van der Waals surface area contributed by atoms with Crippen molar-refractivity contribution in [3.05, 3.63) is 24.5 Å². The summed E-state index contributed by atoms with van der Waals surface area (Å²) in [4.78, 5) is 8.16. The third-order valence-corrected chi connectivity index (χ3v) is 2.10. The molecule has 0 N–H and O–H groups in total. The molecule has 13 heavy (non-hydrogen) atoms. The minimum Gasteiger partial charge on any atom is -0.314 e. The maximum Gasteiger partial charge on any atom is 0.333 e. The highest BCUT2D eigenvalue weighted by Crippen LogP contribution is 2.38. The lowest BCUT2D eigenvalue weighted by Crippen LogP contribution is -1.90. The maximum absolute atomic E-state index is 5.07. The van der Waals surface area contributed by atoms with Crippen LogP contribution in [0.2, 0.25) is 0 Å². The van der Waals surface area contributed by atoms with Gasteiger partial charge >= 0.3 is 6.01 Å². The number of nitrogens with zero attached hydrogens (tertiary/aromatic N) is 4. The summed E-state index contributed by atoms with van der Waals surface area (Å²) < 4.78 is 6.78. The van der Waals surface area contributed by atoms with E-state index in [0.717, 1.165) is 5.82 Å². The van der Waals surface area contributed by atoms with Gasteiger partial charge in [-0.25, -0.2) is 4.98 Å². The highest BCUT2D eigenvalue weighted by atomic mass is 16.5. The molecule has 1 aliphatic carbocycles. The summed E-state index contributed by atoms with van der Waals surface area (Å²) in [7, 11) is 0. The minimum absolute atomic E-state index is 0.499. The van der Waals surface area contributed by atoms with Crippen molar-refractivity contribution in [2.75, 3.05) is 0 Å². The Hall–Kier alpha value is -1.65. The zero-order chi connectivity index (χ0) is 8.67. The van der Waals surface area contributed by atoms with Crippen LogP contribution in [0.1, 0.15) is 24.6 Å². The van der Waals surface area contributed by atoms with Gasteiger partial charge in [-0.15, -0.1) is 0 Å². The van der Waals surface area contributed by atoms with Crippen LogP contribution in [-0.4, -0.2) is 19.7 Å². The first-order chi connectivity index (χ1) is 6.43. The lowest BCUT2D eigenvalue weighted by Gasteiger charge is -1.88. The minimum atomic E-state index is 0.499. The van der Waals surface area contributed by atoms with Crippen molar-refractivity contribution < 1.29 is 4.52 Å². The van der Waals surface area contributed by atoms with E-state index in [0.29, 0.717) is 11.9 Å². The lowest BCUT2D eigenvalue weighted by molar-refractivity contribution is 0.396. The molecule has 0 radical (unpaired) electrons. The van der Waals surface area contributed by atoms with E-state index in [-0.39, 0.29) is 0 Å². The Morgan fingerprint density at radius 3 is 3.08 bits per heavy atom. The molecule has 5 nitrogen and oxygen atoms in total. The van der Waals surface area contributed by atoms with Gasteiger partial charge in [-0.1, -0.05) is 5.16 Å². The molecule has 0 spiro atoms. The van der Waals surface area contributed by atoms with E-state index < -0.39 is 0 Å². The van der Waals surface area contributed by atoms with Crippen molar-refractivity contribution in [3.63, 3.8) is 0 Å². The van der Waals surface area contributed by atoms with E-state index in [9.17, 15) is 0 Å². The van der Waals surface area contributed by atoms with Crippen LogP contribution in [0.15, 0.2) is 23.2 Å². The van der Waals surface area contributed by atoms with Gasteiger partial charge in [-0.3, -0.25) is 4.57 Å². The third-order valence-electron chi connectivity index (χ3n) is 2.10. The molecule has 3 rings (SSSR count). The smallest absolute Gasteiger partial charge is 0.314 e. The number of imidazole rings is 1. The standard InChI is InChI=1S/C8H8N4O/c1-2-6(1)7-10-8(13-11-7)12-4-3-9-5-12/h3-6H,1-2H2. The largest absolute Gasteiger partial charge is 0.333 e. The van der Waals surface area contributed by atoms with Gasteiger partial charge in [0, 0.05) is 18.3 Å². The highest BCUT2D eigenvalue weighted by Gasteiger charge is 2.28. The summed E-state index contributed by atoms with van der Waals surface area (Å²) >= 11 is 0. The van der Waals surface area contributed by atoms with Crippen molar-refractivity contribution in [2.45, 2.75) is 18.8 Å². The fourth-order valence-corrected chi connectivity index (χ4v) is 1.21. The maximum atomic E-state index is 5.07. The SMILES string of the molecule is c1cn(-c2nc(C3CC3)no2)cn1. The second-order valence-electron chi connectivity index (χ2n) is 3.18. The van der Waals surface area contributed by atoms with E-state index in [2.05, 4.69) is 15.1 Å². The van der Waals surface area contributed by atoms with Crippen molar-refractivity contribution in [1.29, 1.82) is 0 Å². The molecule has 1 fully saturated rings. The molecule has 0 saturated heterocycles. The van der Waals surface area contributed by atoms with E-state index in [4.69, 9.17) is 4.52 Å². The van der Waals surface area contributed by atoms with Crippen molar-refractivity contribution in [1.82, 2.24) is 19.7 Å². The first kappa shape index (κ1) is 6.82. The summed E-state index contributed by atoms with van der Waals surface area (Å²) in [5.41, 5.74) is 0. The average Bonchev–Trinajstić information content (AvgIpc) is 2.72. The molecule has 2 aromatic rings. The predicted octanol–water partition coefficient (Wildman–Crippen LogP) is 1.13. The van der Waals surface area contributed by atoms with Gasteiger partial charge in [0.1, 0.15) is 6.33 Å². The molecule has 1 aliphatic rings. The Balaban J connectivity index is 1.97. The lowest BCUT2D eigenvalue weighted by atomic mass is 10.4. The summed E-state index contributed by atoms with van der Waals surface area (Å²) in [6.07, 6.45) is 7.47. The third kappa shape index (κ3) is 1.12. The van der Waals surface area contributed by atoms with Crippen LogP contribution in [0.4, 0.5) is 0 Å². The Morgan fingerprint density at radius 1 is 1.46 bits per heavy atom. The second kappa shape index (κ2) is 2.42. The fraction of sp³-hybridized carbons (Fsp3) is 0.375. The monoisotopic (exact) mass is 176 g/mol. The first-order valence-corrected chi connectivity index (χ1v) is 4.25. The Bertz CT molecular complexity index is 401. The summed E-state index contributed by atoms with van der Waals surface area (Å²) in [6, 6.07) is 0.499. The van der Waals surface area contributed by atoms with E-state index in [1.807, 2.05) is 0 Å². The Kier molecular flexibility index (Phi) is 1.27. The first-order valence-electron chi connectivity index (χ1n) is 4.25. The summed E-state index contributed by atoms with van der Waals surface area (Å²) in [5, 5.41) is 3.90. The van der Waals surface area contributed by atoms with E-state index in [1.165, 1.54) is 12.8 Å². The molecular weight excluding hydrogens is 168 g/mol. The van der Waals surface area contributed by atoms with Gasteiger partial charge in [0.15, 0.2) is 5.82 Å². The summed E-state index contributed by atoms with van der Waals surface area (Å²) in [6.45, 7) is 0. The predicted molar refractivity (Wildman–Crippen MR) is 43.4 cm³/mol. The van der Waals surface area contributed by atoms with Crippen LogP contribution < -0.4 is 0 Å². The molecule has 66 valence electrons. The topological polar surface area (TPSA) is 56.7 Å². The van der Waals surface area contributed by atoms with Crippen LogP contribution in [0.25, 0.3) is 6.01 Å². The molecule has 1 saturated carbocycles. The van der Waals surface area contributed by atoms with Gasteiger partial charge in [0.25, 0.3) is 0 Å². The molecule has 2 heterocycles. The van der Waals surface area contributed by atoms with Gasteiger partial charge in [0.2, 0.25) is 0 Å². The van der Waals surface area contributed by atoms with E-state index >= 15 is 0 Å². The van der Waals surface area contributed by atoms with Crippen LogP contribution in [0.5, 0.6) is 0 Å².